The molecule has 0 amide bonds. The molecule has 2 aromatic rings. The van der Waals surface area contributed by atoms with Gasteiger partial charge >= 0.3 is 5.97 Å². The van der Waals surface area contributed by atoms with E-state index >= 15 is 0 Å². The van der Waals surface area contributed by atoms with Gasteiger partial charge < -0.3 is 10.0 Å². The van der Waals surface area contributed by atoms with Gasteiger partial charge in [0.05, 0.1) is 4.88 Å². The summed E-state index contributed by atoms with van der Waals surface area (Å²) in [7, 11) is 0. The van der Waals surface area contributed by atoms with E-state index in [4.69, 9.17) is 0 Å². The highest BCUT2D eigenvalue weighted by molar-refractivity contribution is 7.19. The first kappa shape index (κ1) is 13.5. The molecule has 1 heterocycles. The molecule has 0 unspecified atom stereocenters. The third kappa shape index (κ3) is 2.76. The fraction of sp³-hybridized carbons (Fsp3) is 0.286. The topological polar surface area (TPSA) is 53.4 Å². The Hall–Kier alpha value is -1.88. The van der Waals surface area contributed by atoms with E-state index in [1.165, 1.54) is 11.3 Å². The van der Waals surface area contributed by atoms with Crippen molar-refractivity contribution in [3.8, 4) is 10.4 Å². The largest absolute Gasteiger partial charge is 0.476 e. The van der Waals surface area contributed by atoms with Gasteiger partial charge in [-0.1, -0.05) is 41.7 Å². The molecule has 0 atom stereocenters. The Morgan fingerprint density at radius 3 is 2.42 bits per heavy atom. The summed E-state index contributed by atoms with van der Waals surface area (Å²) in [6, 6.07) is 9.53. The molecule has 0 aliphatic heterocycles. The van der Waals surface area contributed by atoms with Gasteiger partial charge in [0.1, 0.15) is 0 Å². The minimum absolute atomic E-state index is 0.137. The maximum Gasteiger partial charge on any atom is 0.356 e. The van der Waals surface area contributed by atoms with E-state index in [2.05, 4.69) is 9.88 Å². The average Bonchev–Trinajstić information content (AvgIpc) is 2.86. The van der Waals surface area contributed by atoms with Crippen LogP contribution in [0.25, 0.3) is 10.4 Å². The molecule has 0 bridgehead atoms. The van der Waals surface area contributed by atoms with Gasteiger partial charge in [0.25, 0.3) is 0 Å². The maximum absolute atomic E-state index is 11.3. The molecular formula is C14H16N2O2S. The Morgan fingerprint density at radius 1 is 1.26 bits per heavy atom. The van der Waals surface area contributed by atoms with Crippen LogP contribution in [0.5, 0.6) is 0 Å². The number of aromatic carboxylic acids is 1. The molecule has 0 radical (unpaired) electrons. The molecule has 1 aromatic carbocycles. The van der Waals surface area contributed by atoms with Gasteiger partial charge in [-0.15, -0.1) is 0 Å². The fourth-order valence-electron chi connectivity index (χ4n) is 1.87. The summed E-state index contributed by atoms with van der Waals surface area (Å²) in [4.78, 5) is 18.4. The number of carboxylic acids is 1. The van der Waals surface area contributed by atoms with Crippen molar-refractivity contribution in [2.45, 2.75) is 13.8 Å². The SMILES string of the molecule is CCN(CC)c1nc(C(=O)O)c(-c2ccccc2)s1. The van der Waals surface area contributed by atoms with Crippen molar-refractivity contribution < 1.29 is 9.90 Å². The Balaban J connectivity index is 2.51. The Kier molecular flexibility index (Phi) is 4.16. The molecule has 0 fully saturated rings. The van der Waals surface area contributed by atoms with Crippen molar-refractivity contribution in [2.75, 3.05) is 18.0 Å². The molecule has 2 rings (SSSR count). The van der Waals surface area contributed by atoms with E-state index in [0.29, 0.717) is 0 Å². The van der Waals surface area contributed by atoms with E-state index in [-0.39, 0.29) is 5.69 Å². The van der Waals surface area contributed by atoms with Gasteiger partial charge in [0.15, 0.2) is 10.8 Å². The van der Waals surface area contributed by atoms with Crippen LogP contribution in [0.4, 0.5) is 5.13 Å². The highest BCUT2D eigenvalue weighted by Crippen LogP contribution is 2.34. The number of anilines is 1. The summed E-state index contributed by atoms with van der Waals surface area (Å²) in [6.07, 6.45) is 0. The second-order valence-corrected chi connectivity index (χ2v) is 5.00. The first-order valence-corrected chi connectivity index (χ1v) is 7.03. The van der Waals surface area contributed by atoms with E-state index in [0.717, 1.165) is 28.7 Å². The maximum atomic E-state index is 11.3. The standard InChI is InChI=1S/C14H16N2O2S/c1-3-16(4-2)14-15-11(13(17)18)12(19-14)10-8-6-5-7-9-10/h5-9H,3-4H2,1-2H3,(H,17,18). The number of hydrogen-bond donors (Lipinski definition) is 1. The van der Waals surface area contributed by atoms with Crippen molar-refractivity contribution in [1.82, 2.24) is 4.98 Å². The normalized spacial score (nSPS) is 10.4. The first-order chi connectivity index (χ1) is 9.17. The number of carbonyl (C=O) groups is 1. The van der Waals surface area contributed by atoms with Crippen LogP contribution in [0.15, 0.2) is 30.3 Å². The number of nitrogens with zero attached hydrogens (tertiary/aromatic N) is 2. The molecule has 1 aromatic heterocycles. The fourth-order valence-corrected chi connectivity index (χ4v) is 3.06. The zero-order valence-corrected chi connectivity index (χ0v) is 11.8. The van der Waals surface area contributed by atoms with Crippen molar-refractivity contribution in [1.29, 1.82) is 0 Å². The third-order valence-corrected chi connectivity index (χ3v) is 4.05. The van der Waals surface area contributed by atoms with Crippen LogP contribution in [0.1, 0.15) is 24.3 Å². The van der Waals surface area contributed by atoms with Crippen molar-refractivity contribution in [3.05, 3.63) is 36.0 Å². The quantitative estimate of drug-likeness (QED) is 0.910. The van der Waals surface area contributed by atoms with Gasteiger partial charge in [-0.2, -0.15) is 0 Å². The third-order valence-electron chi connectivity index (χ3n) is 2.89. The highest BCUT2D eigenvalue weighted by atomic mass is 32.1. The predicted octanol–water partition coefficient (Wildman–Crippen LogP) is 3.35. The minimum Gasteiger partial charge on any atom is -0.476 e. The Labute approximate surface area is 116 Å². The number of carboxylic acid groups (broad SMARTS) is 1. The molecule has 0 aliphatic carbocycles. The van der Waals surface area contributed by atoms with Gasteiger partial charge in [-0.25, -0.2) is 9.78 Å². The van der Waals surface area contributed by atoms with E-state index in [9.17, 15) is 9.90 Å². The molecule has 19 heavy (non-hydrogen) atoms. The summed E-state index contributed by atoms with van der Waals surface area (Å²) in [5, 5.41) is 10.1. The first-order valence-electron chi connectivity index (χ1n) is 6.21. The van der Waals surface area contributed by atoms with Crippen molar-refractivity contribution in [2.24, 2.45) is 0 Å². The molecule has 0 aliphatic rings. The Bertz CT molecular complexity index is 562. The number of rotatable bonds is 5. The monoisotopic (exact) mass is 276 g/mol. The second kappa shape index (κ2) is 5.84. The van der Waals surface area contributed by atoms with Crippen LogP contribution in [-0.2, 0) is 0 Å². The molecule has 0 saturated carbocycles. The van der Waals surface area contributed by atoms with E-state index in [1.807, 2.05) is 44.2 Å². The zero-order chi connectivity index (χ0) is 13.8. The minimum atomic E-state index is -0.978. The lowest BCUT2D eigenvalue weighted by Gasteiger charge is -2.16. The van der Waals surface area contributed by atoms with Crippen LogP contribution in [-0.4, -0.2) is 29.1 Å². The highest BCUT2D eigenvalue weighted by Gasteiger charge is 2.20. The van der Waals surface area contributed by atoms with Crippen LogP contribution in [0, 0.1) is 0 Å². The average molecular weight is 276 g/mol. The van der Waals surface area contributed by atoms with E-state index < -0.39 is 5.97 Å². The van der Waals surface area contributed by atoms with Gasteiger partial charge in [0.2, 0.25) is 0 Å². The van der Waals surface area contributed by atoms with E-state index in [1.54, 1.807) is 0 Å². The molecule has 0 saturated heterocycles. The number of benzene rings is 1. The molecule has 5 heteroatoms. The summed E-state index contributed by atoms with van der Waals surface area (Å²) >= 11 is 1.43. The van der Waals surface area contributed by atoms with Crippen molar-refractivity contribution >= 4 is 22.4 Å². The van der Waals surface area contributed by atoms with Gasteiger partial charge in [0, 0.05) is 13.1 Å². The number of thiazole rings is 1. The van der Waals surface area contributed by atoms with Crippen LogP contribution >= 0.6 is 11.3 Å². The summed E-state index contributed by atoms with van der Waals surface area (Å²) < 4.78 is 0. The lowest BCUT2D eigenvalue weighted by molar-refractivity contribution is 0.0692. The number of hydrogen-bond acceptors (Lipinski definition) is 4. The zero-order valence-electron chi connectivity index (χ0n) is 11.0. The lowest BCUT2D eigenvalue weighted by atomic mass is 10.1. The second-order valence-electron chi connectivity index (χ2n) is 4.02. The molecular weight excluding hydrogens is 260 g/mol. The molecule has 100 valence electrons. The van der Waals surface area contributed by atoms with Gasteiger partial charge in [-0.3, -0.25) is 0 Å². The van der Waals surface area contributed by atoms with Crippen LogP contribution < -0.4 is 4.90 Å². The van der Waals surface area contributed by atoms with Gasteiger partial charge in [-0.05, 0) is 19.4 Å². The molecule has 1 N–H and O–H groups in total. The lowest BCUT2D eigenvalue weighted by Crippen LogP contribution is -2.21. The Morgan fingerprint density at radius 2 is 1.89 bits per heavy atom. The number of aromatic nitrogens is 1. The van der Waals surface area contributed by atoms with Crippen molar-refractivity contribution in [3.63, 3.8) is 0 Å². The molecule has 0 spiro atoms. The summed E-state index contributed by atoms with van der Waals surface area (Å²) in [6.45, 7) is 5.70. The summed E-state index contributed by atoms with van der Waals surface area (Å²) in [5.74, 6) is -0.978. The van der Waals surface area contributed by atoms with Crippen LogP contribution in [0.3, 0.4) is 0 Å². The summed E-state index contributed by atoms with van der Waals surface area (Å²) in [5.41, 5.74) is 1.04. The predicted molar refractivity (Wildman–Crippen MR) is 78.1 cm³/mol. The smallest absolute Gasteiger partial charge is 0.356 e. The molecule has 4 nitrogen and oxygen atoms in total. The van der Waals surface area contributed by atoms with Crippen LogP contribution in [0.2, 0.25) is 0 Å².